The highest BCUT2D eigenvalue weighted by Crippen LogP contribution is 2.13. The summed E-state index contributed by atoms with van der Waals surface area (Å²) in [5.41, 5.74) is 6.74. The lowest BCUT2D eigenvalue weighted by Gasteiger charge is -2.07. The van der Waals surface area contributed by atoms with E-state index in [4.69, 9.17) is 5.73 Å². The van der Waals surface area contributed by atoms with Crippen LogP contribution in [0.2, 0.25) is 0 Å². The molecule has 0 atom stereocenters. The number of sulfonamides is 1. The fourth-order valence-electron chi connectivity index (χ4n) is 1.58. The fourth-order valence-corrected chi connectivity index (χ4v) is 2.66. The van der Waals surface area contributed by atoms with Gasteiger partial charge in [-0.2, -0.15) is 0 Å². The van der Waals surface area contributed by atoms with Gasteiger partial charge >= 0.3 is 0 Å². The Bertz CT molecular complexity index is 644. The molecule has 0 saturated carbocycles. The molecule has 0 bridgehead atoms. The van der Waals surface area contributed by atoms with E-state index in [1.165, 1.54) is 12.3 Å². The number of nitrogens with zero attached hydrogens (tertiary/aromatic N) is 2. The highest BCUT2D eigenvalue weighted by atomic mass is 32.2. The van der Waals surface area contributed by atoms with Gasteiger partial charge in [-0.1, -0.05) is 0 Å². The minimum absolute atomic E-state index is 0.135. The van der Waals surface area contributed by atoms with Crippen LogP contribution in [0.25, 0.3) is 0 Å². The van der Waals surface area contributed by atoms with Gasteiger partial charge in [0, 0.05) is 25.1 Å². The topological polar surface area (TPSA) is 98.0 Å². The minimum atomic E-state index is -3.66. The van der Waals surface area contributed by atoms with Gasteiger partial charge in [0.25, 0.3) is 10.0 Å². The molecule has 0 saturated heterocycles. The zero-order chi connectivity index (χ0) is 13.7. The van der Waals surface area contributed by atoms with Crippen molar-refractivity contribution in [2.75, 3.05) is 12.3 Å². The summed E-state index contributed by atoms with van der Waals surface area (Å²) in [6.45, 7) is 0.280. The first kappa shape index (κ1) is 13.4. The van der Waals surface area contributed by atoms with Crippen LogP contribution in [0.3, 0.4) is 0 Å². The number of nitrogen functional groups attached to an aromatic ring is 1. The molecule has 0 aliphatic heterocycles. The van der Waals surface area contributed by atoms with Gasteiger partial charge < -0.3 is 5.73 Å². The van der Waals surface area contributed by atoms with Gasteiger partial charge in [0.15, 0.2) is 5.03 Å². The monoisotopic (exact) mass is 278 g/mol. The quantitative estimate of drug-likeness (QED) is 0.833. The molecular formula is C12H14N4O2S. The van der Waals surface area contributed by atoms with Crippen molar-refractivity contribution in [2.45, 2.75) is 11.4 Å². The van der Waals surface area contributed by atoms with Gasteiger partial charge in [-0.25, -0.2) is 18.1 Å². The van der Waals surface area contributed by atoms with Gasteiger partial charge in [-0.05, 0) is 36.2 Å². The average Bonchev–Trinajstić information content (AvgIpc) is 2.40. The minimum Gasteiger partial charge on any atom is -0.396 e. The molecule has 0 aromatic carbocycles. The lowest BCUT2D eigenvalue weighted by Crippen LogP contribution is -2.27. The third-order valence-electron chi connectivity index (χ3n) is 2.51. The molecule has 2 aromatic rings. The zero-order valence-corrected chi connectivity index (χ0v) is 11.0. The van der Waals surface area contributed by atoms with Crippen molar-refractivity contribution in [2.24, 2.45) is 0 Å². The molecule has 0 unspecified atom stereocenters. The summed E-state index contributed by atoms with van der Waals surface area (Å²) in [5, 5.41) is -0.135. The number of anilines is 1. The van der Waals surface area contributed by atoms with Crippen LogP contribution in [0, 0.1) is 0 Å². The maximum Gasteiger partial charge on any atom is 0.260 e. The maximum absolute atomic E-state index is 12.0. The van der Waals surface area contributed by atoms with Crippen LogP contribution in [-0.2, 0) is 16.4 Å². The highest BCUT2D eigenvalue weighted by Gasteiger charge is 2.17. The van der Waals surface area contributed by atoms with Crippen LogP contribution in [0.5, 0.6) is 0 Å². The van der Waals surface area contributed by atoms with Gasteiger partial charge in [0.05, 0.1) is 5.69 Å². The highest BCUT2D eigenvalue weighted by molar-refractivity contribution is 7.89. The Morgan fingerprint density at radius 3 is 2.58 bits per heavy atom. The Morgan fingerprint density at radius 1 is 1.16 bits per heavy atom. The largest absolute Gasteiger partial charge is 0.396 e. The Morgan fingerprint density at radius 2 is 1.89 bits per heavy atom. The van der Waals surface area contributed by atoms with Gasteiger partial charge in [0.1, 0.15) is 0 Å². The number of nitrogens with two attached hydrogens (primary N) is 1. The lowest BCUT2D eigenvalue weighted by molar-refractivity contribution is 0.578. The standard InChI is InChI=1S/C12H14N4O2S/c13-11-2-1-6-15-12(11)19(17,18)16-9-5-10-3-7-14-8-4-10/h1-4,6-8,16H,5,9,13H2. The van der Waals surface area contributed by atoms with E-state index in [0.717, 1.165) is 5.56 Å². The first-order valence-corrected chi connectivity index (χ1v) is 7.17. The molecule has 3 N–H and O–H groups in total. The summed E-state index contributed by atoms with van der Waals surface area (Å²) < 4.78 is 26.4. The maximum atomic E-state index is 12.0. The second-order valence-electron chi connectivity index (χ2n) is 3.90. The summed E-state index contributed by atoms with van der Waals surface area (Å²) in [5.74, 6) is 0. The van der Waals surface area contributed by atoms with Crippen molar-refractivity contribution in [3.05, 3.63) is 48.4 Å². The number of hydrogen-bond donors (Lipinski definition) is 2. The van der Waals surface area contributed by atoms with E-state index in [2.05, 4.69) is 14.7 Å². The lowest BCUT2D eigenvalue weighted by atomic mass is 10.2. The van der Waals surface area contributed by atoms with Crippen molar-refractivity contribution in [1.29, 1.82) is 0 Å². The van der Waals surface area contributed by atoms with E-state index in [1.54, 1.807) is 18.5 Å². The smallest absolute Gasteiger partial charge is 0.260 e. The Balaban J connectivity index is 2.01. The Labute approximate surface area is 111 Å². The third kappa shape index (κ3) is 3.49. The number of rotatable bonds is 5. The first-order valence-electron chi connectivity index (χ1n) is 5.68. The Hall–Kier alpha value is -1.99. The van der Waals surface area contributed by atoms with Crippen LogP contribution in [0.4, 0.5) is 5.69 Å². The molecule has 0 amide bonds. The summed E-state index contributed by atoms with van der Waals surface area (Å²) in [4.78, 5) is 7.69. The average molecular weight is 278 g/mol. The van der Waals surface area contributed by atoms with Crippen LogP contribution in [0.1, 0.15) is 5.56 Å². The van der Waals surface area contributed by atoms with Crippen molar-refractivity contribution >= 4 is 15.7 Å². The van der Waals surface area contributed by atoms with Crippen molar-refractivity contribution in [3.8, 4) is 0 Å². The molecule has 6 nitrogen and oxygen atoms in total. The van der Waals surface area contributed by atoms with E-state index < -0.39 is 10.0 Å². The molecule has 0 aliphatic rings. The summed E-state index contributed by atoms with van der Waals surface area (Å²) >= 11 is 0. The molecule has 0 radical (unpaired) electrons. The predicted molar refractivity (Wildman–Crippen MR) is 71.8 cm³/mol. The van der Waals surface area contributed by atoms with E-state index >= 15 is 0 Å². The number of aromatic nitrogens is 2. The van der Waals surface area contributed by atoms with E-state index in [1.807, 2.05) is 12.1 Å². The predicted octanol–water partition coefficient (Wildman–Crippen LogP) is 0.580. The van der Waals surface area contributed by atoms with Gasteiger partial charge in [0.2, 0.25) is 0 Å². The van der Waals surface area contributed by atoms with Crippen LogP contribution >= 0.6 is 0 Å². The summed E-state index contributed by atoms with van der Waals surface area (Å²) in [6, 6.07) is 6.77. The fraction of sp³-hybridized carbons (Fsp3) is 0.167. The molecular weight excluding hydrogens is 264 g/mol. The van der Waals surface area contributed by atoms with Gasteiger partial charge in [-0.15, -0.1) is 0 Å². The summed E-state index contributed by atoms with van der Waals surface area (Å²) in [7, 11) is -3.66. The molecule has 0 fully saturated rings. The number of hydrogen-bond acceptors (Lipinski definition) is 5. The Kier molecular flexibility index (Phi) is 4.08. The first-order chi connectivity index (χ1) is 9.09. The van der Waals surface area contributed by atoms with Crippen molar-refractivity contribution < 1.29 is 8.42 Å². The molecule has 7 heteroatoms. The van der Waals surface area contributed by atoms with Crippen molar-refractivity contribution in [3.63, 3.8) is 0 Å². The van der Waals surface area contributed by atoms with Gasteiger partial charge in [-0.3, -0.25) is 4.98 Å². The molecule has 2 aromatic heterocycles. The van der Waals surface area contributed by atoms with Crippen LogP contribution < -0.4 is 10.5 Å². The zero-order valence-electron chi connectivity index (χ0n) is 10.2. The SMILES string of the molecule is Nc1cccnc1S(=O)(=O)NCCc1ccncc1. The number of pyridine rings is 2. The van der Waals surface area contributed by atoms with Crippen molar-refractivity contribution in [1.82, 2.24) is 14.7 Å². The second-order valence-corrected chi connectivity index (χ2v) is 5.58. The second kappa shape index (κ2) is 5.77. The summed E-state index contributed by atoms with van der Waals surface area (Å²) in [6.07, 6.45) is 5.31. The molecule has 0 spiro atoms. The number of nitrogens with one attached hydrogen (secondary N) is 1. The van der Waals surface area contributed by atoms with Crippen LogP contribution in [-0.4, -0.2) is 24.9 Å². The van der Waals surface area contributed by atoms with Crippen LogP contribution in [0.15, 0.2) is 47.9 Å². The molecule has 100 valence electrons. The molecule has 2 heterocycles. The van der Waals surface area contributed by atoms with E-state index in [9.17, 15) is 8.42 Å². The molecule has 2 rings (SSSR count). The third-order valence-corrected chi connectivity index (χ3v) is 3.94. The normalized spacial score (nSPS) is 11.4. The van der Waals surface area contributed by atoms with E-state index in [-0.39, 0.29) is 17.3 Å². The molecule has 0 aliphatic carbocycles. The molecule has 19 heavy (non-hydrogen) atoms. The van der Waals surface area contributed by atoms with E-state index in [0.29, 0.717) is 6.42 Å².